The Balaban J connectivity index is 3.54. The summed E-state index contributed by atoms with van der Waals surface area (Å²) in [6.07, 6.45) is 16.1. The molecule has 0 rings (SSSR count). The van der Waals surface area contributed by atoms with E-state index in [1.54, 1.807) is 0 Å². The lowest BCUT2D eigenvalue weighted by atomic mass is 9.91. The van der Waals surface area contributed by atoms with Crippen LogP contribution in [0.25, 0.3) is 0 Å². The van der Waals surface area contributed by atoms with Gasteiger partial charge in [-0.05, 0) is 25.7 Å². The van der Waals surface area contributed by atoms with E-state index in [-0.39, 0.29) is 0 Å². The predicted molar refractivity (Wildman–Crippen MR) is 83.6 cm³/mol. The third kappa shape index (κ3) is 10.8. The Morgan fingerprint density at radius 3 is 1.56 bits per heavy atom. The quantitative estimate of drug-likeness (QED) is 0.291. The molecule has 0 radical (unpaired) electrons. The van der Waals surface area contributed by atoms with Crippen molar-refractivity contribution >= 4 is 5.71 Å². The number of nitrogens with one attached hydrogen (secondary N) is 1. The van der Waals surface area contributed by atoms with Gasteiger partial charge in [-0.1, -0.05) is 78.1 Å². The highest BCUT2D eigenvalue weighted by Crippen LogP contribution is 2.19. The highest BCUT2D eigenvalue weighted by Gasteiger charge is 2.10. The van der Waals surface area contributed by atoms with E-state index >= 15 is 0 Å². The van der Waals surface area contributed by atoms with Gasteiger partial charge in [-0.15, -0.1) is 0 Å². The number of unbranched alkanes of at least 4 members (excludes halogenated alkanes) is 8. The molecule has 0 fully saturated rings. The molecule has 108 valence electrons. The zero-order chi connectivity index (χ0) is 13.6. The van der Waals surface area contributed by atoms with Crippen LogP contribution in [0, 0.1) is 11.3 Å². The summed E-state index contributed by atoms with van der Waals surface area (Å²) in [5.74, 6) is 0.577. The van der Waals surface area contributed by atoms with E-state index in [9.17, 15) is 0 Å². The van der Waals surface area contributed by atoms with Crippen molar-refractivity contribution in [3.05, 3.63) is 0 Å². The Morgan fingerprint density at radius 1 is 0.722 bits per heavy atom. The summed E-state index contributed by atoms with van der Waals surface area (Å²) in [5, 5.41) is 7.88. The van der Waals surface area contributed by atoms with Crippen molar-refractivity contribution in [2.45, 2.75) is 97.8 Å². The van der Waals surface area contributed by atoms with Crippen molar-refractivity contribution < 1.29 is 0 Å². The summed E-state index contributed by atoms with van der Waals surface area (Å²) in [5.41, 5.74) is 0.917. The number of hydrogen-bond donors (Lipinski definition) is 1. The van der Waals surface area contributed by atoms with Gasteiger partial charge in [0.15, 0.2) is 0 Å². The van der Waals surface area contributed by atoms with Crippen LogP contribution in [0.4, 0.5) is 0 Å². The Labute approximate surface area is 115 Å². The van der Waals surface area contributed by atoms with Crippen LogP contribution in [0.15, 0.2) is 0 Å². The molecule has 1 N–H and O–H groups in total. The largest absolute Gasteiger partial charge is 0.310 e. The zero-order valence-electron chi connectivity index (χ0n) is 13.1. The molecule has 1 unspecified atom stereocenters. The summed E-state index contributed by atoms with van der Waals surface area (Å²) in [4.78, 5) is 0. The lowest BCUT2D eigenvalue weighted by Crippen LogP contribution is -2.10. The first-order valence-corrected chi connectivity index (χ1v) is 8.27. The highest BCUT2D eigenvalue weighted by atomic mass is 14.4. The van der Waals surface area contributed by atoms with Gasteiger partial charge >= 0.3 is 0 Å². The molecular formula is C17H35N. The normalized spacial score (nSPS) is 12.6. The van der Waals surface area contributed by atoms with E-state index in [2.05, 4.69) is 13.8 Å². The first-order chi connectivity index (χ1) is 8.72. The molecule has 0 aromatic heterocycles. The van der Waals surface area contributed by atoms with Crippen molar-refractivity contribution in [2.75, 3.05) is 0 Å². The van der Waals surface area contributed by atoms with Crippen molar-refractivity contribution in [2.24, 2.45) is 5.92 Å². The number of rotatable bonds is 13. The second kappa shape index (κ2) is 13.1. The Morgan fingerprint density at radius 2 is 1.11 bits per heavy atom. The summed E-state index contributed by atoms with van der Waals surface area (Å²) in [7, 11) is 0. The van der Waals surface area contributed by atoms with Gasteiger partial charge in [0.05, 0.1) is 0 Å². The van der Waals surface area contributed by atoms with E-state index in [1.807, 2.05) is 6.92 Å². The van der Waals surface area contributed by atoms with Crippen LogP contribution in [0.3, 0.4) is 0 Å². The summed E-state index contributed by atoms with van der Waals surface area (Å²) in [6.45, 7) is 6.53. The Kier molecular flexibility index (Phi) is 12.9. The Bertz CT molecular complexity index is 186. The first-order valence-electron chi connectivity index (χ1n) is 8.27. The molecule has 0 spiro atoms. The minimum atomic E-state index is 0.577. The third-order valence-electron chi connectivity index (χ3n) is 3.92. The molecular weight excluding hydrogens is 218 g/mol. The van der Waals surface area contributed by atoms with Crippen molar-refractivity contribution in [1.82, 2.24) is 0 Å². The van der Waals surface area contributed by atoms with Gasteiger partial charge in [-0.2, -0.15) is 0 Å². The van der Waals surface area contributed by atoms with E-state index in [4.69, 9.17) is 5.41 Å². The molecule has 0 saturated heterocycles. The van der Waals surface area contributed by atoms with Crippen LogP contribution in [-0.4, -0.2) is 5.71 Å². The van der Waals surface area contributed by atoms with Crippen LogP contribution in [0.2, 0.25) is 0 Å². The fourth-order valence-corrected chi connectivity index (χ4v) is 2.57. The lowest BCUT2D eigenvalue weighted by molar-refractivity contribution is 0.486. The maximum Gasteiger partial charge on any atom is 0.00891 e. The molecule has 18 heavy (non-hydrogen) atoms. The number of hydrogen-bond acceptors (Lipinski definition) is 1. The predicted octanol–water partition coefficient (Wildman–Crippen LogP) is 6.36. The van der Waals surface area contributed by atoms with E-state index in [1.165, 1.54) is 77.0 Å². The molecule has 1 atom stereocenters. The highest BCUT2D eigenvalue weighted by molar-refractivity contribution is 5.81. The molecule has 0 aliphatic carbocycles. The maximum absolute atomic E-state index is 7.88. The van der Waals surface area contributed by atoms with Gasteiger partial charge in [0.2, 0.25) is 0 Å². The second-order valence-corrected chi connectivity index (χ2v) is 5.79. The van der Waals surface area contributed by atoms with Gasteiger partial charge in [0.1, 0.15) is 0 Å². The van der Waals surface area contributed by atoms with Gasteiger partial charge < -0.3 is 5.41 Å². The molecule has 0 aromatic carbocycles. The van der Waals surface area contributed by atoms with E-state index < -0.39 is 0 Å². The van der Waals surface area contributed by atoms with Gasteiger partial charge in [0.25, 0.3) is 0 Å². The van der Waals surface area contributed by atoms with Gasteiger partial charge in [-0.3, -0.25) is 0 Å². The molecule has 1 heteroatoms. The minimum absolute atomic E-state index is 0.577. The fraction of sp³-hybridized carbons (Fsp3) is 0.941. The summed E-state index contributed by atoms with van der Waals surface area (Å²) < 4.78 is 0. The van der Waals surface area contributed by atoms with Crippen molar-refractivity contribution in [3.63, 3.8) is 0 Å². The third-order valence-corrected chi connectivity index (χ3v) is 3.92. The van der Waals surface area contributed by atoms with Crippen LogP contribution in [-0.2, 0) is 0 Å². The lowest BCUT2D eigenvalue weighted by Gasteiger charge is -2.15. The van der Waals surface area contributed by atoms with Gasteiger partial charge in [-0.25, -0.2) is 0 Å². The van der Waals surface area contributed by atoms with Gasteiger partial charge in [0, 0.05) is 5.71 Å². The molecule has 0 saturated carbocycles. The average Bonchev–Trinajstić information content (AvgIpc) is 2.35. The zero-order valence-corrected chi connectivity index (χ0v) is 13.1. The van der Waals surface area contributed by atoms with Crippen LogP contribution < -0.4 is 0 Å². The second-order valence-electron chi connectivity index (χ2n) is 5.79. The average molecular weight is 253 g/mol. The monoisotopic (exact) mass is 253 g/mol. The molecule has 0 amide bonds. The minimum Gasteiger partial charge on any atom is -0.310 e. The standard InChI is InChI=1S/C17H35N/c1-4-6-8-10-11-13-15-17(16(3)18)14-12-9-7-5-2/h17-18H,4-15H2,1-3H3. The fourth-order valence-electron chi connectivity index (χ4n) is 2.57. The van der Waals surface area contributed by atoms with Crippen LogP contribution in [0.1, 0.15) is 97.8 Å². The molecule has 0 aromatic rings. The van der Waals surface area contributed by atoms with Crippen LogP contribution >= 0.6 is 0 Å². The molecule has 0 heterocycles. The molecule has 1 nitrogen and oxygen atoms in total. The first kappa shape index (κ1) is 17.7. The molecule has 0 bridgehead atoms. The van der Waals surface area contributed by atoms with Crippen molar-refractivity contribution in [1.29, 1.82) is 5.41 Å². The molecule has 0 aliphatic heterocycles. The maximum atomic E-state index is 7.88. The van der Waals surface area contributed by atoms with E-state index in [0.717, 1.165) is 5.71 Å². The topological polar surface area (TPSA) is 23.9 Å². The Hall–Kier alpha value is -0.330. The van der Waals surface area contributed by atoms with Crippen molar-refractivity contribution in [3.8, 4) is 0 Å². The molecule has 0 aliphatic rings. The summed E-state index contributed by atoms with van der Waals surface area (Å²) in [6, 6.07) is 0. The van der Waals surface area contributed by atoms with Crippen LogP contribution in [0.5, 0.6) is 0 Å². The van der Waals surface area contributed by atoms with E-state index in [0.29, 0.717) is 5.92 Å². The SMILES string of the molecule is CCCCCCCCC(CCCCCC)C(C)=N. The smallest absolute Gasteiger partial charge is 0.00891 e. The summed E-state index contributed by atoms with van der Waals surface area (Å²) >= 11 is 0.